The minimum absolute atomic E-state index is 0.102. The van der Waals surface area contributed by atoms with Gasteiger partial charge >= 0.3 is 0 Å². The molecule has 0 bridgehead atoms. The van der Waals surface area contributed by atoms with E-state index >= 15 is 0 Å². The highest BCUT2D eigenvalue weighted by Gasteiger charge is 2.18. The van der Waals surface area contributed by atoms with Crippen LogP contribution in [0, 0.1) is 7.11 Å². The van der Waals surface area contributed by atoms with Crippen LogP contribution in [0.1, 0.15) is 0 Å². The van der Waals surface area contributed by atoms with E-state index < -0.39 is 10.1 Å². The highest BCUT2D eigenvalue weighted by Crippen LogP contribution is 2.29. The van der Waals surface area contributed by atoms with Gasteiger partial charge in [0.05, 0.1) is 10.0 Å². The molecule has 0 saturated carbocycles. The predicted octanol–water partition coefficient (Wildman–Crippen LogP) is 2.37. The Morgan fingerprint density at radius 2 is 1.92 bits per heavy atom. The molecule has 2 radical (unpaired) electrons. The Balaban J connectivity index is 3.40. The Labute approximate surface area is 86.4 Å². The van der Waals surface area contributed by atoms with Crippen molar-refractivity contribution in [3.63, 3.8) is 0 Å². The van der Waals surface area contributed by atoms with E-state index in [1.54, 1.807) is 0 Å². The SMILES string of the molecule is [CH]OS(=O)(=O)c1cccc(Cl)c1Cl. The molecule has 0 saturated heterocycles. The molecule has 0 aliphatic carbocycles. The maximum Gasteiger partial charge on any atom is 0.298 e. The van der Waals surface area contributed by atoms with Crippen molar-refractivity contribution < 1.29 is 12.6 Å². The summed E-state index contributed by atoms with van der Waals surface area (Å²) in [5.74, 6) is 0. The summed E-state index contributed by atoms with van der Waals surface area (Å²) < 4.78 is 26.0. The van der Waals surface area contributed by atoms with E-state index in [2.05, 4.69) is 11.3 Å². The van der Waals surface area contributed by atoms with E-state index in [1.165, 1.54) is 18.2 Å². The zero-order valence-electron chi connectivity index (χ0n) is 6.20. The van der Waals surface area contributed by atoms with Gasteiger partial charge in [-0.2, -0.15) is 8.42 Å². The van der Waals surface area contributed by atoms with Crippen molar-refractivity contribution >= 4 is 33.3 Å². The average Bonchev–Trinajstić information content (AvgIpc) is 2.09. The molecule has 0 aliphatic heterocycles. The molecule has 0 unspecified atom stereocenters. The minimum atomic E-state index is -3.99. The summed E-state index contributed by atoms with van der Waals surface area (Å²) in [7, 11) is 0.578. The van der Waals surface area contributed by atoms with Crippen LogP contribution in [0.5, 0.6) is 0 Å². The van der Waals surface area contributed by atoms with Crippen molar-refractivity contribution in [3.05, 3.63) is 35.4 Å². The van der Waals surface area contributed by atoms with Crippen LogP contribution in [0.2, 0.25) is 10.0 Å². The van der Waals surface area contributed by atoms with Crippen molar-refractivity contribution in [3.8, 4) is 0 Å². The average molecular weight is 239 g/mol. The molecule has 0 aliphatic rings. The lowest BCUT2D eigenvalue weighted by molar-refractivity contribution is 0.438. The molecule has 0 fully saturated rings. The van der Waals surface area contributed by atoms with Crippen LogP contribution in [0.4, 0.5) is 0 Å². The molecule has 70 valence electrons. The van der Waals surface area contributed by atoms with E-state index in [0.29, 0.717) is 0 Å². The van der Waals surface area contributed by atoms with E-state index in [4.69, 9.17) is 23.2 Å². The lowest BCUT2D eigenvalue weighted by Gasteiger charge is -2.03. The molecule has 1 aromatic carbocycles. The van der Waals surface area contributed by atoms with Gasteiger partial charge in [-0.1, -0.05) is 29.3 Å². The number of benzene rings is 1. The first-order valence-corrected chi connectivity index (χ1v) is 5.23. The van der Waals surface area contributed by atoms with Crippen molar-refractivity contribution in [2.75, 3.05) is 0 Å². The third-order valence-corrected chi connectivity index (χ3v) is 3.38. The smallest absolute Gasteiger partial charge is 0.257 e. The summed E-state index contributed by atoms with van der Waals surface area (Å²) in [6.07, 6.45) is 0. The van der Waals surface area contributed by atoms with Crippen LogP contribution in [0.3, 0.4) is 0 Å². The topological polar surface area (TPSA) is 43.4 Å². The Morgan fingerprint density at radius 3 is 2.46 bits per heavy atom. The molecule has 6 heteroatoms. The maximum absolute atomic E-state index is 11.1. The molecular formula is C7H4Cl2O3S. The van der Waals surface area contributed by atoms with E-state index in [1.807, 2.05) is 0 Å². The van der Waals surface area contributed by atoms with Gasteiger partial charge in [0.2, 0.25) is 0 Å². The second-order valence-corrected chi connectivity index (χ2v) is 4.43. The lowest BCUT2D eigenvalue weighted by Crippen LogP contribution is -2.02. The van der Waals surface area contributed by atoms with Gasteiger partial charge in [-0.05, 0) is 12.1 Å². The van der Waals surface area contributed by atoms with E-state index in [0.717, 1.165) is 0 Å². The monoisotopic (exact) mass is 238 g/mol. The van der Waals surface area contributed by atoms with Crippen molar-refractivity contribution in [1.29, 1.82) is 0 Å². The Bertz CT molecular complexity index is 414. The summed E-state index contributed by atoms with van der Waals surface area (Å²) in [5.41, 5.74) is 0. The molecule has 0 N–H and O–H groups in total. The standard InChI is InChI=1S/C7H4Cl2O3S/c1-12-13(10,11)6-4-2-3-5(8)7(6)9/h1-4H. The Kier molecular flexibility index (Phi) is 3.18. The van der Waals surface area contributed by atoms with Gasteiger partial charge < -0.3 is 0 Å². The second-order valence-electron chi connectivity index (χ2n) is 2.10. The molecule has 0 aromatic heterocycles. The van der Waals surface area contributed by atoms with Crippen LogP contribution in [-0.4, -0.2) is 8.42 Å². The largest absolute Gasteiger partial charge is 0.298 e. The van der Waals surface area contributed by atoms with Gasteiger partial charge in [0.15, 0.2) is 0 Å². The highest BCUT2D eigenvalue weighted by molar-refractivity contribution is 7.87. The first kappa shape index (κ1) is 10.8. The summed E-state index contributed by atoms with van der Waals surface area (Å²) in [6.45, 7) is 0. The van der Waals surface area contributed by atoms with E-state index in [-0.39, 0.29) is 14.9 Å². The number of halogens is 2. The Morgan fingerprint density at radius 1 is 1.31 bits per heavy atom. The van der Waals surface area contributed by atoms with Crippen LogP contribution in [-0.2, 0) is 14.3 Å². The lowest BCUT2D eigenvalue weighted by atomic mass is 10.4. The van der Waals surface area contributed by atoms with Gasteiger partial charge in [-0.15, -0.1) is 0 Å². The third-order valence-electron chi connectivity index (χ3n) is 1.31. The fraction of sp³-hybridized carbons (Fsp3) is 0. The quantitative estimate of drug-likeness (QED) is 0.744. The molecule has 1 aromatic rings. The summed E-state index contributed by atoms with van der Waals surface area (Å²) in [6, 6.07) is 4.13. The summed E-state index contributed by atoms with van der Waals surface area (Å²) in [4.78, 5) is -0.246. The molecule has 0 amide bonds. The molecular weight excluding hydrogens is 235 g/mol. The molecule has 0 atom stereocenters. The predicted molar refractivity (Wildman–Crippen MR) is 49.0 cm³/mol. The fourth-order valence-electron chi connectivity index (χ4n) is 0.729. The van der Waals surface area contributed by atoms with Crippen LogP contribution < -0.4 is 0 Å². The first-order valence-electron chi connectivity index (χ1n) is 3.06. The zero-order chi connectivity index (χ0) is 10.1. The molecule has 3 nitrogen and oxygen atoms in total. The van der Waals surface area contributed by atoms with Gasteiger partial charge in [0.25, 0.3) is 10.1 Å². The molecule has 1 rings (SSSR count). The summed E-state index contributed by atoms with van der Waals surface area (Å²) >= 11 is 11.2. The first-order chi connectivity index (χ1) is 5.99. The van der Waals surface area contributed by atoms with Crippen molar-refractivity contribution in [2.45, 2.75) is 4.90 Å². The highest BCUT2D eigenvalue weighted by atomic mass is 35.5. The van der Waals surface area contributed by atoms with Crippen LogP contribution in [0.25, 0.3) is 0 Å². The summed E-state index contributed by atoms with van der Waals surface area (Å²) in [5, 5.41) is 0.0226. The fourth-order valence-corrected chi connectivity index (χ4v) is 2.05. The maximum atomic E-state index is 11.1. The van der Waals surface area contributed by atoms with Gasteiger partial charge in [0.1, 0.15) is 12.0 Å². The number of rotatable bonds is 2. The van der Waals surface area contributed by atoms with E-state index in [9.17, 15) is 8.42 Å². The van der Waals surface area contributed by atoms with Crippen molar-refractivity contribution in [1.82, 2.24) is 0 Å². The third kappa shape index (κ3) is 2.14. The minimum Gasteiger partial charge on any atom is -0.257 e. The molecule has 13 heavy (non-hydrogen) atoms. The van der Waals surface area contributed by atoms with Crippen LogP contribution >= 0.6 is 23.2 Å². The van der Waals surface area contributed by atoms with Crippen LogP contribution in [0.15, 0.2) is 23.1 Å². The van der Waals surface area contributed by atoms with Gasteiger partial charge in [0, 0.05) is 0 Å². The number of hydrogen-bond acceptors (Lipinski definition) is 3. The zero-order valence-corrected chi connectivity index (χ0v) is 8.53. The van der Waals surface area contributed by atoms with Crippen molar-refractivity contribution in [2.24, 2.45) is 0 Å². The normalized spacial score (nSPS) is 11.6. The Hall–Kier alpha value is -0.290. The second kappa shape index (κ2) is 3.84. The van der Waals surface area contributed by atoms with Gasteiger partial charge in [-0.3, -0.25) is 4.18 Å². The molecule has 0 spiro atoms. The molecule has 0 heterocycles. The number of hydrogen-bond donors (Lipinski definition) is 0. The van der Waals surface area contributed by atoms with Gasteiger partial charge in [-0.25, -0.2) is 0 Å².